The topological polar surface area (TPSA) is 95.3 Å². The van der Waals surface area contributed by atoms with E-state index in [1.807, 2.05) is 47.8 Å². The number of aromatic nitrogens is 4. The molecule has 1 N–H and O–H groups in total. The molecule has 0 spiro atoms. The lowest BCUT2D eigenvalue weighted by Crippen LogP contribution is -2.16. The first-order valence-electron chi connectivity index (χ1n) is 8.33. The van der Waals surface area contributed by atoms with Crippen molar-refractivity contribution in [3.8, 4) is 27.9 Å². The van der Waals surface area contributed by atoms with Crippen LogP contribution in [0.5, 0.6) is 0 Å². The quantitative estimate of drug-likeness (QED) is 0.362. The monoisotopic (exact) mass is 439 g/mol. The highest BCUT2D eigenvalue weighted by molar-refractivity contribution is 7.98. The number of nitriles is 1. The highest BCUT2D eigenvalue weighted by Crippen LogP contribution is 2.25. The summed E-state index contributed by atoms with van der Waals surface area (Å²) in [7, 11) is 0. The van der Waals surface area contributed by atoms with Gasteiger partial charge in [-0.25, -0.2) is 9.97 Å². The van der Waals surface area contributed by atoms with Gasteiger partial charge in [-0.1, -0.05) is 48.2 Å². The lowest BCUT2D eigenvalue weighted by atomic mass is 10.1. The molecule has 0 amide bonds. The van der Waals surface area contributed by atoms with Gasteiger partial charge in [-0.15, -0.1) is 23.7 Å². The smallest absolute Gasteiger partial charge is 0.226 e. The Balaban J connectivity index is 0.00000240. The van der Waals surface area contributed by atoms with Crippen molar-refractivity contribution in [3.05, 3.63) is 81.6 Å². The Morgan fingerprint density at radius 3 is 2.69 bits per heavy atom. The van der Waals surface area contributed by atoms with Crippen molar-refractivity contribution in [1.29, 1.82) is 5.26 Å². The van der Waals surface area contributed by atoms with Crippen LogP contribution in [0.4, 0.5) is 0 Å². The van der Waals surface area contributed by atoms with Crippen LogP contribution in [0.3, 0.4) is 0 Å². The normalized spacial score (nSPS) is 10.2. The van der Waals surface area contributed by atoms with E-state index in [0.29, 0.717) is 22.2 Å². The van der Waals surface area contributed by atoms with Crippen LogP contribution in [-0.4, -0.2) is 20.2 Å². The summed E-state index contributed by atoms with van der Waals surface area (Å²) in [6.45, 7) is 0. The fraction of sp³-hybridized carbons (Fsp3) is 0.0500. The zero-order valence-electron chi connectivity index (χ0n) is 14.9. The summed E-state index contributed by atoms with van der Waals surface area (Å²) in [6, 6.07) is 16.9. The number of nitrogens with one attached hydrogen (secondary N) is 1. The molecule has 4 rings (SSSR count). The molecule has 0 aliphatic carbocycles. The summed E-state index contributed by atoms with van der Waals surface area (Å²) in [5.41, 5.74) is 1.90. The second-order valence-electron chi connectivity index (χ2n) is 5.72. The van der Waals surface area contributed by atoms with Crippen LogP contribution in [0.2, 0.25) is 0 Å². The van der Waals surface area contributed by atoms with E-state index < -0.39 is 0 Å². The van der Waals surface area contributed by atoms with Gasteiger partial charge in [0, 0.05) is 17.5 Å². The van der Waals surface area contributed by atoms with Crippen LogP contribution in [0.25, 0.3) is 21.8 Å². The largest absolute Gasteiger partial charge is 0.286 e. The number of rotatable bonds is 5. The Bertz CT molecular complexity index is 1200. The number of thioether (sulfide) groups is 1. The Hall–Kier alpha value is -2.99. The Kier molecular flexibility index (Phi) is 6.77. The minimum Gasteiger partial charge on any atom is -0.286 e. The Morgan fingerprint density at radius 2 is 1.97 bits per heavy atom. The van der Waals surface area contributed by atoms with Crippen LogP contribution in [0.1, 0.15) is 11.3 Å². The van der Waals surface area contributed by atoms with Crippen LogP contribution >= 0.6 is 35.5 Å². The van der Waals surface area contributed by atoms with Gasteiger partial charge in [-0.3, -0.25) is 9.89 Å². The van der Waals surface area contributed by atoms with Crippen LogP contribution in [0.15, 0.2) is 70.1 Å². The summed E-state index contributed by atoms with van der Waals surface area (Å²) in [5.74, 6) is 0.341. The van der Waals surface area contributed by atoms with E-state index in [0.717, 1.165) is 10.6 Å². The molecule has 0 bridgehead atoms. The van der Waals surface area contributed by atoms with Crippen molar-refractivity contribution < 1.29 is 0 Å². The van der Waals surface area contributed by atoms with Gasteiger partial charge >= 0.3 is 0 Å². The van der Waals surface area contributed by atoms with Crippen molar-refractivity contribution in [2.45, 2.75) is 10.9 Å². The number of nitrogens with zero attached hydrogens (tertiary/aromatic N) is 4. The molecule has 3 heterocycles. The lowest BCUT2D eigenvalue weighted by Gasteiger charge is -2.06. The maximum absolute atomic E-state index is 12.7. The van der Waals surface area contributed by atoms with Gasteiger partial charge in [0.25, 0.3) is 0 Å². The molecule has 4 aromatic rings. The molecule has 0 unspecified atom stereocenters. The van der Waals surface area contributed by atoms with Crippen molar-refractivity contribution in [2.75, 3.05) is 0 Å². The van der Waals surface area contributed by atoms with E-state index in [1.54, 1.807) is 29.7 Å². The molecule has 1 aromatic carbocycles. The molecule has 0 aliphatic heterocycles. The summed E-state index contributed by atoms with van der Waals surface area (Å²) in [6.07, 6.45) is 1.70. The third kappa shape index (κ3) is 4.54. The predicted octanol–water partition coefficient (Wildman–Crippen LogP) is 4.54. The first-order chi connectivity index (χ1) is 13.8. The van der Waals surface area contributed by atoms with E-state index in [1.165, 1.54) is 11.8 Å². The SMILES string of the molecule is Cl.N#Cc1c(CSc2nccc(-c3cccs3)n2)[nH]nc(-c2ccccc2)c1=O. The predicted molar refractivity (Wildman–Crippen MR) is 117 cm³/mol. The number of hydrogen-bond donors (Lipinski definition) is 1. The average molecular weight is 440 g/mol. The molecule has 29 heavy (non-hydrogen) atoms. The van der Waals surface area contributed by atoms with E-state index >= 15 is 0 Å². The maximum Gasteiger partial charge on any atom is 0.226 e. The third-order valence-corrected chi connectivity index (χ3v) is 5.74. The molecular weight excluding hydrogens is 426 g/mol. The fourth-order valence-corrected chi connectivity index (χ4v) is 4.08. The van der Waals surface area contributed by atoms with Gasteiger partial charge in [-0.2, -0.15) is 10.4 Å². The van der Waals surface area contributed by atoms with Gasteiger partial charge < -0.3 is 0 Å². The van der Waals surface area contributed by atoms with E-state index in [9.17, 15) is 10.1 Å². The molecule has 0 saturated carbocycles. The van der Waals surface area contributed by atoms with Crippen molar-refractivity contribution in [3.63, 3.8) is 0 Å². The molecule has 9 heteroatoms. The van der Waals surface area contributed by atoms with Gasteiger partial charge in [-0.05, 0) is 17.5 Å². The van der Waals surface area contributed by atoms with Gasteiger partial charge in [0.15, 0.2) is 5.16 Å². The average Bonchev–Trinajstić information content (AvgIpc) is 3.28. The third-order valence-electron chi connectivity index (χ3n) is 3.96. The standard InChI is InChI=1S/C20H13N5OS2.ClH/c21-11-14-16(24-25-18(19(14)26)13-5-2-1-3-6-13)12-28-20-22-9-8-15(23-20)17-7-4-10-27-17;/h1-10H,12H2,(H,24,26);1H. The molecule has 0 saturated heterocycles. The summed E-state index contributed by atoms with van der Waals surface area (Å²) in [5, 5.41) is 19.1. The zero-order valence-corrected chi connectivity index (χ0v) is 17.4. The van der Waals surface area contributed by atoms with Crippen molar-refractivity contribution in [2.24, 2.45) is 0 Å². The molecule has 6 nitrogen and oxygen atoms in total. The van der Waals surface area contributed by atoms with E-state index in [4.69, 9.17) is 0 Å². The molecule has 0 fully saturated rings. The van der Waals surface area contributed by atoms with Crippen LogP contribution < -0.4 is 5.43 Å². The number of H-pyrrole nitrogens is 1. The second-order valence-corrected chi connectivity index (χ2v) is 7.61. The van der Waals surface area contributed by atoms with Gasteiger partial charge in [0.1, 0.15) is 17.3 Å². The van der Waals surface area contributed by atoms with E-state index in [-0.39, 0.29) is 29.1 Å². The first kappa shape index (κ1) is 20.7. The molecule has 144 valence electrons. The number of benzene rings is 1. The van der Waals surface area contributed by atoms with E-state index in [2.05, 4.69) is 20.2 Å². The summed E-state index contributed by atoms with van der Waals surface area (Å²) >= 11 is 2.95. The molecule has 0 radical (unpaired) electrons. The van der Waals surface area contributed by atoms with Crippen molar-refractivity contribution >= 4 is 35.5 Å². The number of aromatic amines is 1. The lowest BCUT2D eigenvalue weighted by molar-refractivity contribution is 0.944. The van der Waals surface area contributed by atoms with Gasteiger partial charge in [0.05, 0.1) is 16.3 Å². The summed E-state index contributed by atoms with van der Waals surface area (Å²) in [4.78, 5) is 22.6. The van der Waals surface area contributed by atoms with Crippen LogP contribution in [0, 0.1) is 11.3 Å². The highest BCUT2D eigenvalue weighted by atomic mass is 35.5. The Morgan fingerprint density at radius 1 is 1.14 bits per heavy atom. The minimum absolute atomic E-state index is 0. The fourth-order valence-electron chi connectivity index (χ4n) is 2.61. The van der Waals surface area contributed by atoms with Crippen molar-refractivity contribution in [1.82, 2.24) is 20.2 Å². The summed E-state index contributed by atoms with van der Waals surface area (Å²) < 4.78 is 0. The maximum atomic E-state index is 12.7. The molecular formula is C20H14ClN5OS2. The number of hydrogen-bond acceptors (Lipinski definition) is 7. The zero-order chi connectivity index (χ0) is 19.3. The Labute approximate surface area is 181 Å². The number of thiophene rings is 1. The highest BCUT2D eigenvalue weighted by Gasteiger charge is 2.15. The van der Waals surface area contributed by atoms with Crippen LogP contribution in [-0.2, 0) is 5.75 Å². The minimum atomic E-state index is -0.378. The molecule has 0 aliphatic rings. The second kappa shape index (κ2) is 9.47. The van der Waals surface area contributed by atoms with Gasteiger partial charge in [0.2, 0.25) is 5.43 Å². The molecule has 0 atom stereocenters. The number of halogens is 1. The first-order valence-corrected chi connectivity index (χ1v) is 10.2. The molecule has 3 aromatic heterocycles.